The molecule has 26 heavy (non-hydrogen) atoms. The number of halogens is 1. The van der Waals surface area contributed by atoms with E-state index < -0.39 is 38.6 Å². The van der Waals surface area contributed by atoms with Crippen molar-refractivity contribution in [3.05, 3.63) is 15.4 Å². The molecule has 3 rings (SSSR count). The first-order valence-electron chi connectivity index (χ1n) is 7.48. The molecule has 1 aromatic heterocycles. The molecule has 2 unspecified atom stereocenters. The first-order valence-corrected chi connectivity index (χ1v) is 10.0. The third-order valence-electron chi connectivity index (χ3n) is 4.54. The molecule has 0 aliphatic carbocycles. The van der Waals surface area contributed by atoms with Gasteiger partial charge in [0.1, 0.15) is 5.92 Å². The third kappa shape index (κ3) is 3.05. The monoisotopic (exact) mass is 586 g/mol. The van der Waals surface area contributed by atoms with Gasteiger partial charge in [-0.15, -0.1) is 5.41 Å². The molecule has 1 aromatic rings. The fourth-order valence-corrected chi connectivity index (χ4v) is 4.65. The van der Waals surface area contributed by atoms with Gasteiger partial charge in [0, 0.05) is 19.5 Å². The zero-order valence-corrected chi connectivity index (χ0v) is 18.9. The van der Waals surface area contributed by atoms with Crippen molar-refractivity contribution >= 4 is 44.6 Å². The molecule has 2 bridgehead atoms. The van der Waals surface area contributed by atoms with Crippen molar-refractivity contribution in [3.63, 3.8) is 0 Å². The molecular formula is C15H16IO8RhS-. The third-order valence-corrected chi connectivity index (χ3v) is 7.94. The van der Waals surface area contributed by atoms with Crippen LogP contribution in [0, 0.1) is 9.34 Å². The average molecular weight is 586 g/mol. The molecule has 0 saturated heterocycles. The maximum absolute atomic E-state index is 12.5. The van der Waals surface area contributed by atoms with Crippen LogP contribution in [0.4, 0.5) is 0 Å². The van der Waals surface area contributed by atoms with Gasteiger partial charge in [0.2, 0.25) is 11.5 Å². The van der Waals surface area contributed by atoms with Crippen LogP contribution < -0.4 is 8.92 Å². The number of carbonyl (C=O) groups excluding carboxylic acids is 2. The minimum atomic E-state index is -4.10. The SMILES string of the molecule is CCC(C)(C)[C-](I)C(=O)Oc1c2oc3c1OS(=O)(=O)C3C2C(=O)OC.[Rh]. The normalized spacial score (nSPS) is 21.6. The van der Waals surface area contributed by atoms with Gasteiger partial charge in [-0.1, -0.05) is 27.2 Å². The molecule has 1 radical (unpaired) electrons. The van der Waals surface area contributed by atoms with E-state index in [2.05, 4.69) is 4.74 Å². The van der Waals surface area contributed by atoms with Crippen LogP contribution >= 0.6 is 22.6 Å². The van der Waals surface area contributed by atoms with Crippen LogP contribution in [0.1, 0.15) is 49.9 Å². The van der Waals surface area contributed by atoms with Gasteiger partial charge in [0.05, 0.1) is 7.11 Å². The van der Waals surface area contributed by atoms with Crippen LogP contribution in [0.15, 0.2) is 4.42 Å². The Hall–Kier alpha value is -0.807. The van der Waals surface area contributed by atoms with E-state index in [1.165, 1.54) is 0 Å². The summed E-state index contributed by atoms with van der Waals surface area (Å²) in [6.45, 7) is 5.71. The molecule has 2 aliphatic heterocycles. The number of esters is 2. The first-order chi connectivity index (χ1) is 11.5. The molecule has 2 atom stereocenters. The fraction of sp³-hybridized carbons (Fsp3) is 0.533. The van der Waals surface area contributed by atoms with Crippen molar-refractivity contribution in [2.75, 3.05) is 7.11 Å². The second-order valence-corrected chi connectivity index (χ2v) is 9.17. The Kier molecular flexibility index (Phi) is 5.77. The Morgan fingerprint density at radius 3 is 2.46 bits per heavy atom. The Bertz CT molecular complexity index is 859. The van der Waals surface area contributed by atoms with Gasteiger partial charge in [-0.05, 0) is 0 Å². The summed E-state index contributed by atoms with van der Waals surface area (Å²) in [6, 6.07) is 0. The average Bonchev–Trinajstić information content (AvgIpc) is 3.15. The van der Waals surface area contributed by atoms with Crippen molar-refractivity contribution in [3.8, 4) is 11.5 Å². The zero-order chi connectivity index (χ0) is 18.7. The van der Waals surface area contributed by atoms with Crippen LogP contribution in [0.25, 0.3) is 0 Å². The number of hydrogen-bond acceptors (Lipinski definition) is 8. The predicted octanol–water partition coefficient (Wildman–Crippen LogP) is 2.62. The Labute approximate surface area is 177 Å². The summed E-state index contributed by atoms with van der Waals surface area (Å²) < 4.78 is 45.1. The van der Waals surface area contributed by atoms with Crippen molar-refractivity contribution in [2.45, 2.75) is 38.4 Å². The van der Waals surface area contributed by atoms with Crippen LogP contribution in [0.3, 0.4) is 0 Å². The van der Waals surface area contributed by atoms with Gasteiger partial charge in [-0.25, -0.2) is 3.92 Å². The molecule has 0 amide bonds. The summed E-state index contributed by atoms with van der Waals surface area (Å²) in [7, 11) is -2.96. The molecular weight excluding hydrogens is 570 g/mol. The summed E-state index contributed by atoms with van der Waals surface area (Å²) in [5.74, 6) is -3.11. The van der Waals surface area contributed by atoms with E-state index in [1.54, 1.807) is 0 Å². The fourth-order valence-electron chi connectivity index (χ4n) is 2.68. The van der Waals surface area contributed by atoms with Crippen molar-refractivity contribution in [1.29, 1.82) is 0 Å². The molecule has 8 nitrogen and oxygen atoms in total. The largest absolute Gasteiger partial charge is 0.468 e. The minimum Gasteiger partial charge on any atom is -0.468 e. The number of fused-ring (bicyclic) bond motifs is 1. The van der Waals surface area contributed by atoms with Crippen LogP contribution in [-0.4, -0.2) is 27.5 Å². The first kappa shape index (κ1) is 21.5. The van der Waals surface area contributed by atoms with Crippen molar-refractivity contribution < 1.29 is 55.6 Å². The van der Waals surface area contributed by atoms with Crippen LogP contribution in [-0.2, 0) is 43.9 Å². The van der Waals surface area contributed by atoms with Gasteiger partial charge >= 0.3 is 16.1 Å². The van der Waals surface area contributed by atoms with Gasteiger partial charge in [0.25, 0.3) is 0 Å². The van der Waals surface area contributed by atoms with Gasteiger partial charge < -0.3 is 18.1 Å². The van der Waals surface area contributed by atoms with Crippen LogP contribution in [0.2, 0.25) is 0 Å². The zero-order valence-electron chi connectivity index (χ0n) is 14.2. The standard InChI is InChI=1S/C15H16IO8S.Rh/c1-5-15(2,3)12(16)14(18)23-8-7-6(13(17)21-4)11-10(22-7)9(8)24-25(11,19)20;/h6,11H,5H2,1-4H3;/q-1;. The molecule has 0 spiro atoms. The Morgan fingerprint density at radius 2 is 1.92 bits per heavy atom. The van der Waals surface area contributed by atoms with E-state index in [9.17, 15) is 18.0 Å². The molecule has 147 valence electrons. The number of methoxy groups -OCH3 is 1. The molecule has 11 heteroatoms. The number of rotatable bonds is 5. The van der Waals surface area contributed by atoms with E-state index in [4.69, 9.17) is 13.3 Å². The number of hydrogen-bond donors (Lipinski definition) is 0. The second-order valence-electron chi connectivity index (χ2n) is 6.43. The maximum atomic E-state index is 12.5. The van der Waals surface area contributed by atoms with E-state index in [-0.39, 0.29) is 42.5 Å². The molecule has 2 aliphatic rings. The predicted molar refractivity (Wildman–Crippen MR) is 92.7 cm³/mol. The summed E-state index contributed by atoms with van der Waals surface area (Å²) in [5.41, 5.74) is -0.411. The number of ether oxygens (including phenoxy) is 2. The van der Waals surface area contributed by atoms with E-state index in [0.29, 0.717) is 10.3 Å². The van der Waals surface area contributed by atoms with E-state index in [0.717, 1.165) is 7.11 Å². The van der Waals surface area contributed by atoms with Crippen LogP contribution in [0.5, 0.6) is 11.5 Å². The van der Waals surface area contributed by atoms with Gasteiger partial charge in [-0.2, -0.15) is 8.42 Å². The summed E-state index contributed by atoms with van der Waals surface area (Å²) >= 11 is 1.90. The van der Waals surface area contributed by atoms with Crippen molar-refractivity contribution in [1.82, 2.24) is 0 Å². The molecule has 0 fully saturated rings. The number of carbonyl (C=O) groups is 2. The molecule has 0 aromatic carbocycles. The van der Waals surface area contributed by atoms with Gasteiger partial charge in [0.15, 0.2) is 22.7 Å². The quantitative estimate of drug-likeness (QED) is 0.171. The smallest absolute Gasteiger partial charge is 0.321 e. The minimum absolute atomic E-state index is 0. The summed E-state index contributed by atoms with van der Waals surface area (Å²) in [4.78, 5) is 24.5. The number of furan rings is 1. The second kappa shape index (κ2) is 6.98. The Morgan fingerprint density at radius 1 is 1.31 bits per heavy atom. The van der Waals surface area contributed by atoms with Gasteiger partial charge in [-0.3, -0.25) is 32.2 Å². The topological polar surface area (TPSA) is 109 Å². The van der Waals surface area contributed by atoms with Crippen molar-refractivity contribution in [2.24, 2.45) is 5.41 Å². The maximum Gasteiger partial charge on any atom is 0.321 e. The summed E-state index contributed by atoms with van der Waals surface area (Å²) in [6.07, 6.45) is 0.703. The van der Waals surface area contributed by atoms with E-state index in [1.807, 2.05) is 43.4 Å². The van der Waals surface area contributed by atoms with E-state index >= 15 is 0 Å². The Balaban J connectivity index is 0.00000243. The molecule has 3 heterocycles. The molecule has 0 saturated carbocycles. The molecule has 0 N–H and O–H groups in total. The summed E-state index contributed by atoms with van der Waals surface area (Å²) in [5, 5.41) is -1.29.